The molecule has 7 heteroatoms. The predicted molar refractivity (Wildman–Crippen MR) is 120 cm³/mol. The Labute approximate surface area is 190 Å². The maximum atomic E-state index is 13.5. The van der Waals surface area contributed by atoms with Gasteiger partial charge in [0.05, 0.1) is 37.1 Å². The van der Waals surface area contributed by atoms with E-state index in [0.29, 0.717) is 37.5 Å². The number of benzene rings is 1. The molecule has 0 spiro atoms. The van der Waals surface area contributed by atoms with Crippen molar-refractivity contribution in [1.82, 2.24) is 5.32 Å². The number of nitriles is 1. The van der Waals surface area contributed by atoms with Crippen LogP contribution in [0.1, 0.15) is 51.7 Å². The summed E-state index contributed by atoms with van der Waals surface area (Å²) < 4.78 is 24.7. The molecule has 7 nitrogen and oxygen atoms in total. The van der Waals surface area contributed by atoms with Gasteiger partial charge in [0.15, 0.2) is 11.4 Å². The normalized spacial score (nSPS) is 28.7. The first-order chi connectivity index (χ1) is 15.2. The van der Waals surface area contributed by atoms with Crippen molar-refractivity contribution in [2.75, 3.05) is 13.2 Å². The lowest BCUT2D eigenvalue weighted by Gasteiger charge is -2.43. The van der Waals surface area contributed by atoms with Gasteiger partial charge >= 0.3 is 0 Å². The van der Waals surface area contributed by atoms with Crippen LogP contribution in [0.2, 0.25) is 0 Å². The highest BCUT2D eigenvalue weighted by molar-refractivity contribution is 5.85. The Kier molecular flexibility index (Phi) is 7.73. The van der Waals surface area contributed by atoms with Gasteiger partial charge in [0.25, 0.3) is 5.91 Å². The van der Waals surface area contributed by atoms with Crippen LogP contribution in [0, 0.1) is 17.2 Å². The number of amides is 1. The van der Waals surface area contributed by atoms with Crippen molar-refractivity contribution in [2.45, 2.75) is 76.8 Å². The smallest absolute Gasteiger partial charge is 0.252 e. The SMILES string of the molecule is C=CCOC1C[C@](OCc2ccc(C#N)cc2)(C(=O)NCC(C)C)C[C@H]2OC(C)(C)O[C@@H]12. The van der Waals surface area contributed by atoms with Crippen LogP contribution in [0.5, 0.6) is 0 Å². The molecule has 1 unspecified atom stereocenters. The van der Waals surface area contributed by atoms with Crippen molar-refractivity contribution in [3.05, 3.63) is 48.0 Å². The zero-order valence-corrected chi connectivity index (χ0v) is 19.4. The van der Waals surface area contributed by atoms with Gasteiger partial charge < -0.3 is 24.3 Å². The van der Waals surface area contributed by atoms with Crippen LogP contribution in [0.4, 0.5) is 0 Å². The lowest BCUT2D eigenvalue weighted by Crippen LogP contribution is -2.60. The monoisotopic (exact) mass is 442 g/mol. The van der Waals surface area contributed by atoms with Gasteiger partial charge in [0.2, 0.25) is 0 Å². The topological polar surface area (TPSA) is 89.8 Å². The lowest BCUT2D eigenvalue weighted by molar-refractivity contribution is -0.180. The number of fused-ring (bicyclic) bond motifs is 1. The first-order valence-electron chi connectivity index (χ1n) is 11.2. The molecule has 1 aliphatic heterocycles. The highest BCUT2D eigenvalue weighted by Crippen LogP contribution is 2.44. The van der Waals surface area contributed by atoms with E-state index in [2.05, 4.69) is 18.0 Å². The van der Waals surface area contributed by atoms with E-state index in [1.165, 1.54) is 0 Å². The molecule has 1 heterocycles. The Morgan fingerprint density at radius 1 is 1.31 bits per heavy atom. The van der Waals surface area contributed by atoms with E-state index in [-0.39, 0.29) is 30.8 Å². The van der Waals surface area contributed by atoms with Crippen LogP contribution in [-0.2, 0) is 30.3 Å². The summed E-state index contributed by atoms with van der Waals surface area (Å²) in [4.78, 5) is 13.5. The standard InChI is InChI=1S/C25H34N2O5/c1-6-11-29-20-12-25(23(28)27-15-17(2)3,13-21-22(20)32-24(4,5)31-21)30-16-19-9-7-18(14-26)8-10-19/h6-10,17,20-22H,1,11-13,15-16H2,2-5H3,(H,27,28)/t20?,21-,22+,25-/m1/s1. The summed E-state index contributed by atoms with van der Waals surface area (Å²) in [6, 6.07) is 9.28. The molecule has 1 aliphatic carbocycles. The summed E-state index contributed by atoms with van der Waals surface area (Å²) in [7, 11) is 0. The van der Waals surface area contributed by atoms with E-state index >= 15 is 0 Å². The molecule has 4 atom stereocenters. The van der Waals surface area contributed by atoms with Gasteiger partial charge in [-0.3, -0.25) is 4.79 Å². The fraction of sp³-hybridized carbons (Fsp3) is 0.600. The first-order valence-corrected chi connectivity index (χ1v) is 11.2. The Morgan fingerprint density at radius 2 is 2.03 bits per heavy atom. The van der Waals surface area contributed by atoms with Crippen molar-refractivity contribution < 1.29 is 23.7 Å². The Bertz CT molecular complexity index is 845. The van der Waals surface area contributed by atoms with Crippen LogP contribution < -0.4 is 5.32 Å². The van der Waals surface area contributed by atoms with Crippen LogP contribution in [0.15, 0.2) is 36.9 Å². The van der Waals surface area contributed by atoms with E-state index < -0.39 is 11.4 Å². The fourth-order valence-corrected chi connectivity index (χ4v) is 4.25. The minimum absolute atomic E-state index is 0.168. The molecule has 0 bridgehead atoms. The second kappa shape index (κ2) is 10.1. The summed E-state index contributed by atoms with van der Waals surface area (Å²) in [6.45, 7) is 12.7. The zero-order valence-electron chi connectivity index (χ0n) is 19.4. The molecule has 32 heavy (non-hydrogen) atoms. The van der Waals surface area contributed by atoms with Gasteiger partial charge in [0, 0.05) is 19.4 Å². The summed E-state index contributed by atoms with van der Waals surface area (Å²) in [6.07, 6.45) is 1.41. The minimum Gasteiger partial charge on any atom is -0.371 e. The molecule has 174 valence electrons. The van der Waals surface area contributed by atoms with E-state index in [9.17, 15) is 4.79 Å². The summed E-state index contributed by atoms with van der Waals surface area (Å²) in [5.74, 6) is -0.620. The predicted octanol–water partition coefficient (Wildman–Crippen LogP) is 3.47. The molecule has 1 saturated heterocycles. The van der Waals surface area contributed by atoms with Gasteiger partial charge in [0.1, 0.15) is 6.10 Å². The van der Waals surface area contributed by atoms with Crippen LogP contribution in [-0.4, -0.2) is 48.8 Å². The minimum atomic E-state index is -1.13. The zero-order chi connectivity index (χ0) is 23.4. The average Bonchev–Trinajstić information content (AvgIpc) is 3.08. The average molecular weight is 443 g/mol. The van der Waals surface area contributed by atoms with E-state index in [4.69, 9.17) is 24.2 Å². The van der Waals surface area contributed by atoms with Gasteiger partial charge in [-0.1, -0.05) is 32.1 Å². The Hall–Kier alpha value is -2.24. The van der Waals surface area contributed by atoms with Gasteiger partial charge in [-0.05, 0) is 37.5 Å². The van der Waals surface area contributed by atoms with E-state index in [1.807, 2.05) is 39.8 Å². The molecule has 1 saturated carbocycles. The van der Waals surface area contributed by atoms with Gasteiger partial charge in [-0.2, -0.15) is 5.26 Å². The molecule has 0 radical (unpaired) electrons. The van der Waals surface area contributed by atoms with Crippen LogP contribution in [0.25, 0.3) is 0 Å². The fourth-order valence-electron chi connectivity index (χ4n) is 4.25. The first kappa shape index (κ1) is 24.4. The Balaban J connectivity index is 1.86. The summed E-state index contributed by atoms with van der Waals surface area (Å²) >= 11 is 0. The number of nitrogens with zero attached hydrogens (tertiary/aromatic N) is 1. The number of hydrogen-bond acceptors (Lipinski definition) is 6. The highest BCUT2D eigenvalue weighted by Gasteiger charge is 2.57. The molecule has 1 amide bonds. The molecule has 3 rings (SSSR count). The van der Waals surface area contributed by atoms with Gasteiger partial charge in [-0.15, -0.1) is 6.58 Å². The number of carbonyl (C=O) groups excluding carboxylic acids is 1. The molecule has 1 aromatic carbocycles. The second-order valence-electron chi connectivity index (χ2n) is 9.40. The van der Waals surface area contributed by atoms with E-state index in [0.717, 1.165) is 5.56 Å². The van der Waals surface area contributed by atoms with Crippen LogP contribution in [0.3, 0.4) is 0 Å². The quantitative estimate of drug-likeness (QED) is 0.589. The third-order valence-corrected chi connectivity index (χ3v) is 5.76. The Morgan fingerprint density at radius 3 is 2.66 bits per heavy atom. The molecule has 2 fully saturated rings. The van der Waals surface area contributed by atoms with Crippen molar-refractivity contribution in [3.8, 4) is 6.07 Å². The maximum Gasteiger partial charge on any atom is 0.252 e. The van der Waals surface area contributed by atoms with Crippen molar-refractivity contribution in [1.29, 1.82) is 5.26 Å². The second-order valence-corrected chi connectivity index (χ2v) is 9.40. The third-order valence-electron chi connectivity index (χ3n) is 5.76. The van der Waals surface area contributed by atoms with Crippen molar-refractivity contribution in [2.24, 2.45) is 5.92 Å². The largest absolute Gasteiger partial charge is 0.371 e. The molecule has 1 aromatic rings. The van der Waals surface area contributed by atoms with Crippen LogP contribution >= 0.6 is 0 Å². The number of hydrogen-bond donors (Lipinski definition) is 1. The van der Waals surface area contributed by atoms with E-state index in [1.54, 1.807) is 18.2 Å². The molecule has 1 N–H and O–H groups in total. The number of ether oxygens (including phenoxy) is 4. The summed E-state index contributed by atoms with van der Waals surface area (Å²) in [5.41, 5.74) is 0.337. The number of carbonyl (C=O) groups is 1. The third kappa shape index (κ3) is 5.76. The highest BCUT2D eigenvalue weighted by atomic mass is 16.8. The lowest BCUT2D eigenvalue weighted by atomic mass is 9.78. The molecular weight excluding hydrogens is 408 g/mol. The van der Waals surface area contributed by atoms with Gasteiger partial charge in [-0.25, -0.2) is 0 Å². The molecule has 0 aromatic heterocycles. The number of rotatable bonds is 9. The maximum absolute atomic E-state index is 13.5. The van der Waals surface area contributed by atoms with Crippen molar-refractivity contribution in [3.63, 3.8) is 0 Å². The van der Waals surface area contributed by atoms with Crippen molar-refractivity contribution >= 4 is 5.91 Å². The molecular formula is C25H34N2O5. The molecule has 2 aliphatic rings. The summed E-state index contributed by atoms with van der Waals surface area (Å²) in [5, 5.41) is 12.1. The number of nitrogens with one attached hydrogen (secondary N) is 1.